The first-order valence-electron chi connectivity index (χ1n) is 4.19. The van der Waals surface area contributed by atoms with E-state index in [1.165, 1.54) is 0 Å². The standard InChI is InChI=1S/C8H15NO3/c1-9-3-2-6(8(9)12)4-7(11)5-10/h6-7,10-11H,2-5H2,1H3. The highest BCUT2D eigenvalue weighted by Gasteiger charge is 2.30. The van der Waals surface area contributed by atoms with Crippen molar-refractivity contribution in [1.82, 2.24) is 4.90 Å². The van der Waals surface area contributed by atoms with E-state index in [4.69, 9.17) is 10.2 Å². The van der Waals surface area contributed by atoms with E-state index in [0.29, 0.717) is 6.42 Å². The van der Waals surface area contributed by atoms with E-state index in [1.54, 1.807) is 11.9 Å². The molecule has 0 aromatic carbocycles. The average Bonchev–Trinajstić information content (AvgIpc) is 2.36. The van der Waals surface area contributed by atoms with Gasteiger partial charge in [0.1, 0.15) is 0 Å². The van der Waals surface area contributed by atoms with Crippen LogP contribution in [0.25, 0.3) is 0 Å². The van der Waals surface area contributed by atoms with Crippen LogP contribution in [0.3, 0.4) is 0 Å². The monoisotopic (exact) mass is 173 g/mol. The largest absolute Gasteiger partial charge is 0.394 e. The molecule has 12 heavy (non-hydrogen) atoms. The zero-order chi connectivity index (χ0) is 9.14. The lowest BCUT2D eigenvalue weighted by molar-refractivity contribution is -0.130. The Hall–Kier alpha value is -0.610. The fraction of sp³-hybridized carbons (Fsp3) is 0.875. The maximum atomic E-state index is 11.3. The first kappa shape index (κ1) is 9.48. The Labute approximate surface area is 71.8 Å². The van der Waals surface area contributed by atoms with Crippen LogP contribution in [0.4, 0.5) is 0 Å². The molecule has 0 saturated carbocycles. The molecule has 4 nitrogen and oxygen atoms in total. The van der Waals surface area contributed by atoms with Gasteiger partial charge < -0.3 is 15.1 Å². The van der Waals surface area contributed by atoms with Crippen LogP contribution in [0.15, 0.2) is 0 Å². The molecular formula is C8H15NO3. The van der Waals surface area contributed by atoms with Gasteiger partial charge in [0, 0.05) is 19.5 Å². The van der Waals surface area contributed by atoms with Gasteiger partial charge in [0.25, 0.3) is 0 Å². The molecule has 1 saturated heterocycles. The Morgan fingerprint density at radius 3 is 2.83 bits per heavy atom. The number of nitrogens with zero attached hydrogens (tertiary/aromatic N) is 1. The molecule has 0 spiro atoms. The molecule has 1 fully saturated rings. The third kappa shape index (κ3) is 1.95. The summed E-state index contributed by atoms with van der Waals surface area (Å²) in [7, 11) is 1.76. The molecule has 1 heterocycles. The van der Waals surface area contributed by atoms with Gasteiger partial charge in [-0.2, -0.15) is 0 Å². The quantitative estimate of drug-likeness (QED) is 0.588. The molecule has 1 aliphatic heterocycles. The van der Waals surface area contributed by atoms with Gasteiger partial charge in [0.05, 0.1) is 12.7 Å². The summed E-state index contributed by atoms with van der Waals surface area (Å²) >= 11 is 0. The summed E-state index contributed by atoms with van der Waals surface area (Å²) in [6, 6.07) is 0. The second kappa shape index (κ2) is 3.87. The number of amides is 1. The first-order valence-corrected chi connectivity index (χ1v) is 4.19. The molecule has 0 aromatic heterocycles. The molecule has 1 amide bonds. The van der Waals surface area contributed by atoms with E-state index in [-0.39, 0.29) is 18.4 Å². The maximum Gasteiger partial charge on any atom is 0.225 e. The Morgan fingerprint density at radius 2 is 2.42 bits per heavy atom. The van der Waals surface area contributed by atoms with Crippen LogP contribution in [-0.2, 0) is 4.79 Å². The van der Waals surface area contributed by atoms with Crippen molar-refractivity contribution in [2.45, 2.75) is 18.9 Å². The number of rotatable bonds is 3. The maximum absolute atomic E-state index is 11.3. The van der Waals surface area contributed by atoms with Gasteiger partial charge >= 0.3 is 0 Å². The Balaban J connectivity index is 2.39. The molecule has 1 aliphatic rings. The summed E-state index contributed by atoms with van der Waals surface area (Å²) in [4.78, 5) is 13.0. The molecule has 0 radical (unpaired) electrons. The molecule has 2 unspecified atom stereocenters. The lowest BCUT2D eigenvalue weighted by Crippen LogP contribution is -2.26. The van der Waals surface area contributed by atoms with Crippen molar-refractivity contribution in [3.8, 4) is 0 Å². The summed E-state index contributed by atoms with van der Waals surface area (Å²) in [6.45, 7) is 0.509. The topological polar surface area (TPSA) is 60.8 Å². The smallest absolute Gasteiger partial charge is 0.225 e. The van der Waals surface area contributed by atoms with Crippen LogP contribution in [0.1, 0.15) is 12.8 Å². The number of hydrogen-bond donors (Lipinski definition) is 2. The van der Waals surface area contributed by atoms with Crippen molar-refractivity contribution in [2.24, 2.45) is 5.92 Å². The first-order chi connectivity index (χ1) is 5.65. The van der Waals surface area contributed by atoms with E-state index in [1.807, 2.05) is 0 Å². The van der Waals surface area contributed by atoms with E-state index in [2.05, 4.69) is 0 Å². The van der Waals surface area contributed by atoms with Gasteiger partial charge in [-0.15, -0.1) is 0 Å². The normalized spacial score (nSPS) is 26.4. The van der Waals surface area contributed by atoms with Crippen LogP contribution < -0.4 is 0 Å². The highest BCUT2D eigenvalue weighted by molar-refractivity contribution is 5.80. The number of hydrogen-bond acceptors (Lipinski definition) is 3. The predicted molar refractivity (Wildman–Crippen MR) is 43.5 cm³/mol. The molecule has 0 bridgehead atoms. The number of carbonyl (C=O) groups is 1. The fourth-order valence-corrected chi connectivity index (χ4v) is 1.52. The number of carbonyl (C=O) groups excluding carboxylic acids is 1. The van der Waals surface area contributed by atoms with E-state index in [9.17, 15) is 4.79 Å². The summed E-state index contributed by atoms with van der Waals surface area (Å²) in [5.41, 5.74) is 0. The van der Waals surface area contributed by atoms with Crippen molar-refractivity contribution < 1.29 is 15.0 Å². The van der Waals surface area contributed by atoms with Crippen LogP contribution in [0.2, 0.25) is 0 Å². The van der Waals surface area contributed by atoms with E-state index < -0.39 is 6.10 Å². The van der Waals surface area contributed by atoms with Crippen LogP contribution in [0, 0.1) is 5.92 Å². The summed E-state index contributed by atoms with van der Waals surface area (Å²) in [6.07, 6.45) is 0.442. The number of aliphatic hydroxyl groups excluding tert-OH is 2. The minimum absolute atomic E-state index is 0.0856. The summed E-state index contributed by atoms with van der Waals surface area (Å²) in [5.74, 6) is -0.000324. The van der Waals surface area contributed by atoms with Crippen molar-refractivity contribution >= 4 is 5.91 Å². The summed E-state index contributed by atoms with van der Waals surface area (Å²) < 4.78 is 0. The molecule has 0 aliphatic carbocycles. The highest BCUT2D eigenvalue weighted by Crippen LogP contribution is 2.20. The van der Waals surface area contributed by atoms with Gasteiger partial charge in [-0.25, -0.2) is 0 Å². The summed E-state index contributed by atoms with van der Waals surface area (Å²) in [5, 5.41) is 17.7. The zero-order valence-electron chi connectivity index (χ0n) is 7.23. The number of likely N-dealkylation sites (tertiary alicyclic amines) is 1. The van der Waals surface area contributed by atoms with Crippen molar-refractivity contribution in [2.75, 3.05) is 20.2 Å². The molecule has 2 atom stereocenters. The average molecular weight is 173 g/mol. The van der Waals surface area contributed by atoms with Gasteiger partial charge in [0.2, 0.25) is 5.91 Å². The second-order valence-electron chi connectivity index (χ2n) is 3.32. The van der Waals surface area contributed by atoms with E-state index in [0.717, 1.165) is 13.0 Å². The van der Waals surface area contributed by atoms with Gasteiger partial charge in [-0.1, -0.05) is 0 Å². The molecule has 70 valence electrons. The predicted octanol–water partition coefficient (Wildman–Crippen LogP) is -0.792. The molecule has 1 rings (SSSR count). The Morgan fingerprint density at radius 1 is 1.75 bits per heavy atom. The van der Waals surface area contributed by atoms with E-state index >= 15 is 0 Å². The SMILES string of the molecule is CN1CCC(CC(O)CO)C1=O. The minimum Gasteiger partial charge on any atom is -0.394 e. The third-order valence-corrected chi connectivity index (χ3v) is 2.31. The van der Waals surface area contributed by atoms with Crippen molar-refractivity contribution in [3.63, 3.8) is 0 Å². The van der Waals surface area contributed by atoms with Gasteiger partial charge in [-0.05, 0) is 12.8 Å². The van der Waals surface area contributed by atoms with Crippen LogP contribution in [0.5, 0.6) is 0 Å². The fourth-order valence-electron chi connectivity index (χ4n) is 1.52. The Bertz CT molecular complexity index is 172. The molecule has 2 N–H and O–H groups in total. The minimum atomic E-state index is -0.745. The van der Waals surface area contributed by atoms with Crippen molar-refractivity contribution in [1.29, 1.82) is 0 Å². The lowest BCUT2D eigenvalue weighted by Gasteiger charge is -2.12. The van der Waals surface area contributed by atoms with Crippen molar-refractivity contribution in [3.05, 3.63) is 0 Å². The highest BCUT2D eigenvalue weighted by atomic mass is 16.3. The Kier molecular flexibility index (Phi) is 3.05. The zero-order valence-corrected chi connectivity index (χ0v) is 7.23. The van der Waals surface area contributed by atoms with Crippen LogP contribution >= 0.6 is 0 Å². The second-order valence-corrected chi connectivity index (χ2v) is 3.32. The number of aliphatic hydroxyl groups is 2. The van der Waals surface area contributed by atoms with Gasteiger partial charge in [0.15, 0.2) is 0 Å². The lowest BCUT2D eigenvalue weighted by atomic mass is 10.0. The van der Waals surface area contributed by atoms with Gasteiger partial charge in [-0.3, -0.25) is 4.79 Å². The van der Waals surface area contributed by atoms with Crippen LogP contribution in [-0.4, -0.2) is 47.3 Å². The molecule has 0 aromatic rings. The molecular weight excluding hydrogens is 158 g/mol. The molecule has 4 heteroatoms. The third-order valence-electron chi connectivity index (χ3n) is 2.31.